The monoisotopic (exact) mass is 332 g/mol. The van der Waals surface area contributed by atoms with Crippen molar-refractivity contribution in [3.63, 3.8) is 0 Å². The lowest BCUT2D eigenvalue weighted by Crippen LogP contribution is -2.09. The van der Waals surface area contributed by atoms with Gasteiger partial charge in [-0.3, -0.25) is 9.59 Å². The predicted octanol–water partition coefficient (Wildman–Crippen LogP) is 2.61. The average Bonchev–Trinajstić information content (AvgIpc) is 3.00. The standard InChI is InChI=1S/C16H13ClN2O4/c1-2-23-16(22)10-7-18-14-13(10)9-5-8(12(20)6-17)3-4-11(9)19-15(14)21/h3-5,7,18H,2,6H2,1H3,(H,19,21). The number of ketones is 1. The molecule has 7 heteroatoms. The van der Waals surface area contributed by atoms with E-state index in [4.69, 9.17) is 16.3 Å². The Labute approximate surface area is 135 Å². The fourth-order valence-electron chi connectivity index (χ4n) is 2.55. The number of pyridine rings is 1. The van der Waals surface area contributed by atoms with Crippen molar-refractivity contribution < 1.29 is 14.3 Å². The SMILES string of the molecule is CCOC(=O)c1c[nH]c2c(=O)[nH]c3ccc(C(=O)CCl)cc3c12. The van der Waals surface area contributed by atoms with E-state index in [-0.39, 0.29) is 34.9 Å². The number of nitrogens with one attached hydrogen (secondary N) is 2. The molecule has 0 atom stereocenters. The summed E-state index contributed by atoms with van der Waals surface area (Å²) in [5.41, 5.74) is 1.11. The van der Waals surface area contributed by atoms with E-state index in [1.165, 1.54) is 6.20 Å². The number of aromatic nitrogens is 2. The molecule has 0 saturated heterocycles. The number of ether oxygens (including phenoxy) is 1. The molecule has 2 N–H and O–H groups in total. The summed E-state index contributed by atoms with van der Waals surface area (Å²) < 4.78 is 5.02. The summed E-state index contributed by atoms with van der Waals surface area (Å²) in [5.74, 6) is -0.906. The molecule has 3 rings (SSSR count). The number of fused-ring (bicyclic) bond motifs is 3. The molecular weight excluding hydrogens is 320 g/mol. The molecule has 0 unspecified atom stereocenters. The number of halogens is 1. The van der Waals surface area contributed by atoms with Crippen molar-refractivity contribution in [3.8, 4) is 0 Å². The van der Waals surface area contributed by atoms with Crippen molar-refractivity contribution in [3.05, 3.63) is 45.9 Å². The Morgan fingerprint density at radius 3 is 2.78 bits per heavy atom. The van der Waals surface area contributed by atoms with Crippen LogP contribution in [0.1, 0.15) is 27.6 Å². The van der Waals surface area contributed by atoms with Gasteiger partial charge in [0.1, 0.15) is 5.52 Å². The van der Waals surface area contributed by atoms with E-state index in [0.717, 1.165) is 0 Å². The van der Waals surface area contributed by atoms with E-state index in [2.05, 4.69) is 9.97 Å². The number of rotatable bonds is 4. The second-order valence-electron chi connectivity index (χ2n) is 4.94. The summed E-state index contributed by atoms with van der Waals surface area (Å²) >= 11 is 5.60. The van der Waals surface area contributed by atoms with Gasteiger partial charge in [0.25, 0.3) is 5.56 Å². The van der Waals surface area contributed by atoms with Crippen LogP contribution in [0, 0.1) is 0 Å². The molecule has 0 aliphatic carbocycles. The molecule has 2 aromatic heterocycles. The maximum absolute atomic E-state index is 12.1. The third kappa shape index (κ3) is 2.51. The summed E-state index contributed by atoms with van der Waals surface area (Å²) in [4.78, 5) is 41.6. The van der Waals surface area contributed by atoms with Gasteiger partial charge in [-0.15, -0.1) is 11.6 Å². The lowest BCUT2D eigenvalue weighted by molar-refractivity contribution is 0.0528. The van der Waals surface area contributed by atoms with Gasteiger partial charge in [-0.2, -0.15) is 0 Å². The quantitative estimate of drug-likeness (QED) is 0.436. The van der Waals surface area contributed by atoms with Gasteiger partial charge in [-0.25, -0.2) is 4.79 Å². The molecule has 0 fully saturated rings. The van der Waals surface area contributed by atoms with E-state index in [1.807, 2.05) is 0 Å². The van der Waals surface area contributed by atoms with Gasteiger partial charge in [0, 0.05) is 28.0 Å². The Morgan fingerprint density at radius 2 is 2.09 bits per heavy atom. The summed E-state index contributed by atoms with van der Waals surface area (Å²) in [6.45, 7) is 1.93. The zero-order valence-corrected chi connectivity index (χ0v) is 13.0. The molecule has 0 radical (unpaired) electrons. The number of benzene rings is 1. The lowest BCUT2D eigenvalue weighted by Gasteiger charge is -2.05. The van der Waals surface area contributed by atoms with Crippen LogP contribution in [0.4, 0.5) is 0 Å². The number of alkyl halides is 1. The first-order chi connectivity index (χ1) is 11.1. The number of carbonyl (C=O) groups excluding carboxylic acids is 2. The highest BCUT2D eigenvalue weighted by Crippen LogP contribution is 2.26. The van der Waals surface area contributed by atoms with Crippen LogP contribution in [0.2, 0.25) is 0 Å². The molecule has 1 aromatic carbocycles. The number of carbonyl (C=O) groups is 2. The summed E-state index contributed by atoms with van der Waals surface area (Å²) in [5, 5.41) is 1.02. The topological polar surface area (TPSA) is 92.0 Å². The van der Waals surface area contributed by atoms with Crippen molar-refractivity contribution in [2.75, 3.05) is 12.5 Å². The van der Waals surface area contributed by atoms with Gasteiger partial charge in [-0.1, -0.05) is 0 Å². The minimum Gasteiger partial charge on any atom is -0.462 e. The molecule has 6 nitrogen and oxygen atoms in total. The molecule has 0 bridgehead atoms. The molecule has 0 amide bonds. The van der Waals surface area contributed by atoms with Crippen LogP contribution in [-0.4, -0.2) is 34.2 Å². The largest absolute Gasteiger partial charge is 0.462 e. The number of hydrogen-bond acceptors (Lipinski definition) is 4. The van der Waals surface area contributed by atoms with E-state index in [0.29, 0.717) is 21.9 Å². The zero-order valence-electron chi connectivity index (χ0n) is 12.2. The van der Waals surface area contributed by atoms with Crippen LogP contribution in [0.25, 0.3) is 21.8 Å². The Balaban J connectivity index is 2.38. The molecule has 23 heavy (non-hydrogen) atoms. The number of H-pyrrole nitrogens is 2. The Kier molecular flexibility index (Phi) is 3.92. The van der Waals surface area contributed by atoms with E-state index in [9.17, 15) is 14.4 Å². The number of esters is 1. The van der Waals surface area contributed by atoms with E-state index in [1.54, 1.807) is 25.1 Å². The van der Waals surface area contributed by atoms with E-state index < -0.39 is 5.97 Å². The van der Waals surface area contributed by atoms with Crippen LogP contribution < -0.4 is 5.56 Å². The van der Waals surface area contributed by atoms with Crippen molar-refractivity contribution in [2.24, 2.45) is 0 Å². The normalized spacial score (nSPS) is 11.0. The zero-order chi connectivity index (χ0) is 16.6. The van der Waals surface area contributed by atoms with Crippen molar-refractivity contribution in [2.45, 2.75) is 6.92 Å². The van der Waals surface area contributed by atoms with Gasteiger partial charge in [0.05, 0.1) is 18.1 Å². The van der Waals surface area contributed by atoms with Gasteiger partial charge in [-0.05, 0) is 25.1 Å². The fourth-order valence-corrected chi connectivity index (χ4v) is 2.70. The molecular formula is C16H13ClN2O4. The highest BCUT2D eigenvalue weighted by molar-refractivity contribution is 6.30. The predicted molar refractivity (Wildman–Crippen MR) is 87.4 cm³/mol. The molecule has 0 aliphatic rings. The number of aromatic amines is 2. The minimum absolute atomic E-state index is 0.143. The molecule has 0 saturated carbocycles. The van der Waals surface area contributed by atoms with Crippen LogP contribution in [0.3, 0.4) is 0 Å². The molecule has 0 spiro atoms. The minimum atomic E-state index is -0.528. The maximum atomic E-state index is 12.1. The first-order valence-electron chi connectivity index (χ1n) is 7.00. The Hall–Kier alpha value is -2.60. The van der Waals surface area contributed by atoms with Crippen molar-refractivity contribution in [1.29, 1.82) is 0 Å². The fraction of sp³-hybridized carbons (Fsp3) is 0.188. The highest BCUT2D eigenvalue weighted by Gasteiger charge is 2.18. The summed E-state index contributed by atoms with van der Waals surface area (Å²) in [6, 6.07) is 4.83. The van der Waals surface area contributed by atoms with Crippen LogP contribution in [0.15, 0.2) is 29.2 Å². The van der Waals surface area contributed by atoms with Gasteiger partial charge in [0.2, 0.25) is 0 Å². The van der Waals surface area contributed by atoms with Crippen LogP contribution >= 0.6 is 11.6 Å². The molecule has 118 valence electrons. The van der Waals surface area contributed by atoms with Gasteiger partial charge in [0.15, 0.2) is 5.78 Å². The summed E-state index contributed by atoms with van der Waals surface area (Å²) in [7, 11) is 0. The van der Waals surface area contributed by atoms with Crippen LogP contribution in [-0.2, 0) is 4.74 Å². The van der Waals surface area contributed by atoms with Crippen molar-refractivity contribution >= 4 is 45.2 Å². The Morgan fingerprint density at radius 1 is 1.30 bits per heavy atom. The second-order valence-corrected chi connectivity index (χ2v) is 5.21. The molecule has 0 aliphatic heterocycles. The smallest absolute Gasteiger partial charge is 0.340 e. The van der Waals surface area contributed by atoms with E-state index >= 15 is 0 Å². The van der Waals surface area contributed by atoms with Crippen molar-refractivity contribution in [1.82, 2.24) is 9.97 Å². The number of Topliss-reactive ketones (excluding diaryl/α,β-unsaturated/α-hetero) is 1. The third-order valence-electron chi connectivity index (χ3n) is 3.58. The highest BCUT2D eigenvalue weighted by atomic mass is 35.5. The van der Waals surface area contributed by atoms with Crippen LogP contribution in [0.5, 0.6) is 0 Å². The Bertz CT molecular complexity index is 987. The second kappa shape index (κ2) is 5.89. The molecule has 3 aromatic rings. The molecule has 2 heterocycles. The van der Waals surface area contributed by atoms with Gasteiger partial charge >= 0.3 is 5.97 Å². The third-order valence-corrected chi connectivity index (χ3v) is 3.83. The average molecular weight is 333 g/mol. The first-order valence-corrected chi connectivity index (χ1v) is 7.53. The summed E-state index contributed by atoms with van der Waals surface area (Å²) in [6.07, 6.45) is 1.44. The first kappa shape index (κ1) is 15.3. The van der Waals surface area contributed by atoms with Gasteiger partial charge < -0.3 is 14.7 Å². The number of hydrogen-bond donors (Lipinski definition) is 2. The lowest BCUT2D eigenvalue weighted by atomic mass is 10.0. The maximum Gasteiger partial charge on any atom is 0.340 e.